The minimum absolute atomic E-state index is 0.333. The molecule has 2 N–H and O–H groups in total. The zero-order chi connectivity index (χ0) is 13.1. The molecule has 5 nitrogen and oxygen atoms in total. The van der Waals surface area contributed by atoms with Gasteiger partial charge in [-0.05, 0) is 24.6 Å². The van der Waals surface area contributed by atoms with Crippen molar-refractivity contribution in [2.24, 2.45) is 0 Å². The van der Waals surface area contributed by atoms with E-state index in [0.717, 1.165) is 11.4 Å². The maximum absolute atomic E-state index is 11.9. The molecule has 0 aliphatic rings. The minimum Gasteiger partial charge on any atom is -0.467 e. The number of aromatic nitrogens is 2. The van der Waals surface area contributed by atoms with Gasteiger partial charge in [-0.2, -0.15) is 0 Å². The highest BCUT2D eigenvalue weighted by molar-refractivity contribution is 5.78. The van der Waals surface area contributed by atoms with Crippen molar-refractivity contribution in [3.8, 4) is 0 Å². The van der Waals surface area contributed by atoms with Crippen LogP contribution in [0.4, 0.5) is 5.69 Å². The van der Waals surface area contributed by atoms with Crippen LogP contribution in [0, 0.1) is 6.92 Å². The maximum Gasteiger partial charge on any atom is 0.333 e. The summed E-state index contributed by atoms with van der Waals surface area (Å²) in [7, 11) is 1.37. The summed E-state index contributed by atoms with van der Waals surface area (Å²) in [5, 5.41) is 0. The topological polar surface area (TPSA) is 70.1 Å². The standard InChI is InChI=1S/C13H15N3O2/c1-9-15-7-8-16(9)12(13(17)18-2)10-3-5-11(14)6-4-10/h3-8,12H,14H2,1-2H3. The maximum atomic E-state index is 11.9. The number of aryl methyl sites for hydroxylation is 1. The fourth-order valence-electron chi connectivity index (χ4n) is 1.86. The lowest BCUT2D eigenvalue weighted by Gasteiger charge is -2.18. The molecule has 0 aliphatic heterocycles. The molecule has 1 unspecified atom stereocenters. The summed E-state index contributed by atoms with van der Waals surface area (Å²) in [5.41, 5.74) is 7.12. The van der Waals surface area contributed by atoms with Crippen LogP contribution in [0.5, 0.6) is 0 Å². The number of carbonyl (C=O) groups is 1. The van der Waals surface area contributed by atoms with Crippen molar-refractivity contribution in [2.75, 3.05) is 12.8 Å². The van der Waals surface area contributed by atoms with Gasteiger partial charge in [-0.15, -0.1) is 0 Å². The van der Waals surface area contributed by atoms with Crippen LogP contribution < -0.4 is 5.73 Å². The molecule has 2 rings (SSSR count). The number of carbonyl (C=O) groups excluding carboxylic acids is 1. The average Bonchev–Trinajstić information content (AvgIpc) is 2.78. The Hall–Kier alpha value is -2.30. The van der Waals surface area contributed by atoms with Crippen LogP contribution in [-0.2, 0) is 9.53 Å². The third-order valence-electron chi connectivity index (χ3n) is 2.82. The van der Waals surface area contributed by atoms with Gasteiger partial charge in [-0.1, -0.05) is 12.1 Å². The van der Waals surface area contributed by atoms with Crippen LogP contribution in [0.25, 0.3) is 0 Å². The van der Waals surface area contributed by atoms with Crippen molar-refractivity contribution in [3.05, 3.63) is 48.0 Å². The number of ether oxygens (including phenoxy) is 1. The van der Waals surface area contributed by atoms with Crippen LogP contribution in [0.3, 0.4) is 0 Å². The molecule has 0 aliphatic carbocycles. The third-order valence-corrected chi connectivity index (χ3v) is 2.82. The van der Waals surface area contributed by atoms with Gasteiger partial charge >= 0.3 is 5.97 Å². The van der Waals surface area contributed by atoms with Crippen LogP contribution in [0.2, 0.25) is 0 Å². The molecule has 5 heteroatoms. The predicted molar refractivity (Wildman–Crippen MR) is 68.0 cm³/mol. The van der Waals surface area contributed by atoms with Gasteiger partial charge in [0.15, 0.2) is 6.04 Å². The number of benzene rings is 1. The first-order chi connectivity index (χ1) is 8.63. The van der Waals surface area contributed by atoms with E-state index in [9.17, 15) is 4.79 Å². The van der Waals surface area contributed by atoms with Gasteiger partial charge in [-0.3, -0.25) is 0 Å². The van der Waals surface area contributed by atoms with E-state index < -0.39 is 6.04 Å². The van der Waals surface area contributed by atoms with Crippen molar-refractivity contribution in [2.45, 2.75) is 13.0 Å². The number of imidazole rings is 1. The number of anilines is 1. The molecule has 1 aromatic carbocycles. The highest BCUT2D eigenvalue weighted by Crippen LogP contribution is 2.22. The van der Waals surface area contributed by atoms with Crippen molar-refractivity contribution < 1.29 is 9.53 Å². The molecule has 0 saturated heterocycles. The first-order valence-corrected chi connectivity index (χ1v) is 5.56. The summed E-state index contributed by atoms with van der Waals surface area (Å²) in [6.07, 6.45) is 3.41. The number of rotatable bonds is 3. The minimum atomic E-state index is -0.530. The van der Waals surface area contributed by atoms with E-state index in [1.165, 1.54) is 7.11 Å². The van der Waals surface area contributed by atoms with Crippen LogP contribution >= 0.6 is 0 Å². The van der Waals surface area contributed by atoms with E-state index in [-0.39, 0.29) is 5.97 Å². The number of methoxy groups -OCH3 is 1. The zero-order valence-electron chi connectivity index (χ0n) is 10.3. The third kappa shape index (κ3) is 2.20. The largest absolute Gasteiger partial charge is 0.467 e. The normalized spacial score (nSPS) is 12.1. The monoisotopic (exact) mass is 245 g/mol. The molecule has 0 saturated carbocycles. The van der Waals surface area contributed by atoms with Crippen molar-refractivity contribution >= 4 is 11.7 Å². The summed E-state index contributed by atoms with van der Waals surface area (Å²) >= 11 is 0. The molecular formula is C13H15N3O2. The van der Waals surface area contributed by atoms with E-state index in [0.29, 0.717) is 5.69 Å². The van der Waals surface area contributed by atoms with Gasteiger partial charge < -0.3 is 15.0 Å². The quantitative estimate of drug-likeness (QED) is 0.657. The summed E-state index contributed by atoms with van der Waals surface area (Å²) in [6.45, 7) is 1.84. The number of hydrogen-bond acceptors (Lipinski definition) is 4. The van der Waals surface area contributed by atoms with E-state index in [1.54, 1.807) is 29.1 Å². The molecular weight excluding hydrogens is 230 g/mol. The van der Waals surface area contributed by atoms with Crippen molar-refractivity contribution in [1.82, 2.24) is 9.55 Å². The number of nitrogens with two attached hydrogens (primary N) is 1. The molecule has 1 heterocycles. The molecule has 0 fully saturated rings. The molecule has 2 aromatic rings. The smallest absolute Gasteiger partial charge is 0.333 e. The Bertz CT molecular complexity index is 546. The number of nitrogens with zero attached hydrogens (tertiary/aromatic N) is 2. The molecule has 1 aromatic heterocycles. The fourth-order valence-corrected chi connectivity index (χ4v) is 1.86. The number of hydrogen-bond donors (Lipinski definition) is 1. The summed E-state index contributed by atoms with van der Waals surface area (Å²) in [6, 6.07) is 6.63. The number of nitrogen functional groups attached to an aromatic ring is 1. The summed E-state index contributed by atoms with van der Waals surface area (Å²) in [5.74, 6) is 0.420. The highest BCUT2D eigenvalue weighted by Gasteiger charge is 2.24. The Kier molecular flexibility index (Phi) is 3.32. The second-order valence-corrected chi connectivity index (χ2v) is 3.97. The lowest BCUT2D eigenvalue weighted by Crippen LogP contribution is -2.22. The lowest BCUT2D eigenvalue weighted by atomic mass is 10.1. The fraction of sp³-hybridized carbons (Fsp3) is 0.231. The Morgan fingerprint density at radius 1 is 1.39 bits per heavy atom. The SMILES string of the molecule is COC(=O)C(c1ccc(N)cc1)n1ccnc1C. The lowest BCUT2D eigenvalue weighted by molar-refractivity contribution is -0.143. The van der Waals surface area contributed by atoms with Gasteiger partial charge in [0, 0.05) is 18.1 Å². The number of esters is 1. The first kappa shape index (κ1) is 12.2. The molecule has 94 valence electrons. The second-order valence-electron chi connectivity index (χ2n) is 3.97. The molecule has 0 radical (unpaired) electrons. The highest BCUT2D eigenvalue weighted by atomic mass is 16.5. The second kappa shape index (κ2) is 4.91. The predicted octanol–water partition coefficient (Wildman–Crippen LogP) is 1.54. The molecule has 0 spiro atoms. The van der Waals surface area contributed by atoms with Crippen molar-refractivity contribution in [3.63, 3.8) is 0 Å². The molecule has 0 bridgehead atoms. The van der Waals surface area contributed by atoms with Gasteiger partial charge in [0.1, 0.15) is 5.82 Å². The van der Waals surface area contributed by atoms with E-state index >= 15 is 0 Å². The first-order valence-electron chi connectivity index (χ1n) is 5.56. The van der Waals surface area contributed by atoms with Crippen LogP contribution in [0.15, 0.2) is 36.7 Å². The van der Waals surface area contributed by atoms with Crippen LogP contribution in [-0.4, -0.2) is 22.6 Å². The zero-order valence-corrected chi connectivity index (χ0v) is 10.3. The van der Waals surface area contributed by atoms with Crippen LogP contribution in [0.1, 0.15) is 17.4 Å². The molecule has 0 amide bonds. The Morgan fingerprint density at radius 2 is 2.06 bits per heavy atom. The Labute approximate surface area is 105 Å². The summed E-state index contributed by atoms with van der Waals surface area (Å²) in [4.78, 5) is 16.1. The van der Waals surface area contributed by atoms with Gasteiger partial charge in [0.2, 0.25) is 0 Å². The van der Waals surface area contributed by atoms with E-state index in [2.05, 4.69) is 4.98 Å². The summed E-state index contributed by atoms with van der Waals surface area (Å²) < 4.78 is 6.63. The molecule has 18 heavy (non-hydrogen) atoms. The van der Waals surface area contributed by atoms with Crippen molar-refractivity contribution in [1.29, 1.82) is 0 Å². The van der Waals surface area contributed by atoms with Gasteiger partial charge in [0.05, 0.1) is 7.11 Å². The Morgan fingerprint density at radius 3 is 2.56 bits per heavy atom. The average molecular weight is 245 g/mol. The van der Waals surface area contributed by atoms with E-state index in [1.807, 2.05) is 19.1 Å². The van der Waals surface area contributed by atoms with Gasteiger partial charge in [0.25, 0.3) is 0 Å². The van der Waals surface area contributed by atoms with E-state index in [4.69, 9.17) is 10.5 Å². The van der Waals surface area contributed by atoms with Gasteiger partial charge in [-0.25, -0.2) is 9.78 Å². The Balaban J connectivity index is 2.47. The molecule has 1 atom stereocenters.